The first kappa shape index (κ1) is 23.6. The summed E-state index contributed by atoms with van der Waals surface area (Å²) >= 11 is 1.57. The molecule has 31 heavy (non-hydrogen) atoms. The molecule has 1 fully saturated rings. The highest BCUT2D eigenvalue weighted by Crippen LogP contribution is 2.37. The summed E-state index contributed by atoms with van der Waals surface area (Å²) in [5, 5.41) is 16.1. The summed E-state index contributed by atoms with van der Waals surface area (Å²) in [6.07, 6.45) is 6.36. The third kappa shape index (κ3) is 6.94. The highest BCUT2D eigenvalue weighted by atomic mass is 32.1. The number of likely N-dealkylation sites (tertiary alicyclic amines) is 1. The predicted octanol–water partition coefficient (Wildman–Crippen LogP) is 4.06. The van der Waals surface area contributed by atoms with Crippen LogP contribution in [-0.2, 0) is 22.4 Å². The maximum Gasteiger partial charge on any atom is 0.407 e. The fourth-order valence-electron chi connectivity index (χ4n) is 4.28. The van der Waals surface area contributed by atoms with Crippen molar-refractivity contribution in [3.63, 3.8) is 0 Å². The number of aryl methyl sites for hydroxylation is 1. The smallest absolute Gasteiger partial charge is 0.407 e. The minimum absolute atomic E-state index is 0.0379. The zero-order chi connectivity index (χ0) is 22.4. The molecule has 3 rings (SSSR count). The van der Waals surface area contributed by atoms with Gasteiger partial charge in [-0.15, -0.1) is 11.3 Å². The fraction of sp³-hybridized carbons (Fsp3) is 0.696. The quantitative estimate of drug-likeness (QED) is 0.687. The average molecular weight is 447 g/mol. The Morgan fingerprint density at radius 3 is 2.77 bits per heavy atom. The highest BCUT2D eigenvalue weighted by molar-refractivity contribution is 7.16. The number of amides is 2. The number of piperidine rings is 1. The number of hydrogen-bond acceptors (Lipinski definition) is 6. The zero-order valence-corrected chi connectivity index (χ0v) is 19.7. The molecule has 7 nitrogen and oxygen atoms in total. The zero-order valence-electron chi connectivity index (χ0n) is 18.9. The molecule has 8 heteroatoms. The largest absolute Gasteiger partial charge is 0.444 e. The summed E-state index contributed by atoms with van der Waals surface area (Å²) in [7, 11) is 0. The molecule has 2 amide bonds. The lowest BCUT2D eigenvalue weighted by atomic mass is 9.96. The summed E-state index contributed by atoms with van der Waals surface area (Å²) in [5.41, 5.74) is 1.31. The van der Waals surface area contributed by atoms with E-state index in [1.54, 1.807) is 11.3 Å². The van der Waals surface area contributed by atoms with Gasteiger partial charge in [-0.1, -0.05) is 0 Å². The Morgan fingerprint density at radius 2 is 2.03 bits per heavy atom. The molecule has 1 aromatic rings. The van der Waals surface area contributed by atoms with Crippen molar-refractivity contribution in [2.45, 2.75) is 71.3 Å². The summed E-state index contributed by atoms with van der Waals surface area (Å²) in [6.45, 7) is 8.65. The number of anilines is 1. The molecule has 0 bridgehead atoms. The van der Waals surface area contributed by atoms with Gasteiger partial charge in [-0.2, -0.15) is 5.26 Å². The Morgan fingerprint density at radius 1 is 1.26 bits per heavy atom. The Kier molecular flexibility index (Phi) is 7.95. The molecule has 0 spiro atoms. The minimum Gasteiger partial charge on any atom is -0.444 e. The lowest BCUT2D eigenvalue weighted by molar-refractivity contribution is -0.116. The summed E-state index contributed by atoms with van der Waals surface area (Å²) in [6, 6.07) is 2.30. The molecule has 170 valence electrons. The molecule has 1 atom stereocenters. The molecule has 0 saturated carbocycles. The molecule has 2 aliphatic rings. The number of hydrogen-bond donors (Lipinski definition) is 2. The third-order valence-electron chi connectivity index (χ3n) is 5.73. The van der Waals surface area contributed by atoms with Crippen LogP contribution in [0.3, 0.4) is 0 Å². The van der Waals surface area contributed by atoms with Crippen molar-refractivity contribution in [2.24, 2.45) is 5.92 Å². The van der Waals surface area contributed by atoms with Gasteiger partial charge in [-0.3, -0.25) is 4.79 Å². The second-order valence-corrected chi connectivity index (χ2v) is 10.6. The first-order valence-electron chi connectivity index (χ1n) is 11.3. The topological polar surface area (TPSA) is 94.5 Å². The lowest BCUT2D eigenvalue weighted by Crippen LogP contribution is -2.42. The number of ether oxygens (including phenoxy) is 1. The van der Waals surface area contributed by atoms with Gasteiger partial charge in [0.2, 0.25) is 5.91 Å². The van der Waals surface area contributed by atoms with Crippen LogP contribution in [-0.4, -0.2) is 48.7 Å². The van der Waals surface area contributed by atoms with Gasteiger partial charge in [-0.05, 0) is 77.3 Å². The SMILES string of the molecule is CC(C)(C)OC(=O)NCC1CCCN(CCC(=O)Nc2sc3c(c2C#N)CCCC3)C1. The van der Waals surface area contributed by atoms with Gasteiger partial charge in [-0.25, -0.2) is 4.79 Å². The van der Waals surface area contributed by atoms with Gasteiger partial charge < -0.3 is 20.3 Å². The van der Waals surface area contributed by atoms with Crippen molar-refractivity contribution in [1.29, 1.82) is 5.26 Å². The van der Waals surface area contributed by atoms with Crippen LogP contribution in [0.2, 0.25) is 0 Å². The van der Waals surface area contributed by atoms with Crippen molar-refractivity contribution in [1.82, 2.24) is 10.2 Å². The second kappa shape index (κ2) is 10.5. The Bertz CT molecular complexity index is 837. The van der Waals surface area contributed by atoms with Gasteiger partial charge in [0, 0.05) is 30.9 Å². The van der Waals surface area contributed by atoms with Gasteiger partial charge in [0.05, 0.1) is 5.56 Å². The van der Waals surface area contributed by atoms with E-state index < -0.39 is 5.60 Å². The Balaban J connectivity index is 1.44. The average Bonchev–Trinajstić information content (AvgIpc) is 3.06. The molecule has 2 N–H and O–H groups in total. The predicted molar refractivity (Wildman–Crippen MR) is 122 cm³/mol. The lowest BCUT2D eigenvalue weighted by Gasteiger charge is -2.32. The van der Waals surface area contributed by atoms with Crippen LogP contribution in [0, 0.1) is 17.2 Å². The number of alkyl carbamates (subject to hydrolysis) is 1. The summed E-state index contributed by atoms with van der Waals surface area (Å²) < 4.78 is 5.30. The Hall–Kier alpha value is -2.11. The maximum absolute atomic E-state index is 12.6. The van der Waals surface area contributed by atoms with E-state index >= 15 is 0 Å². The number of rotatable bonds is 6. The molecule has 1 aliphatic heterocycles. The van der Waals surface area contributed by atoms with Crippen molar-refractivity contribution in [3.8, 4) is 6.07 Å². The van der Waals surface area contributed by atoms with E-state index in [1.165, 1.54) is 4.88 Å². The summed E-state index contributed by atoms with van der Waals surface area (Å²) in [5.74, 6) is 0.322. The number of fused-ring (bicyclic) bond motifs is 1. The van der Waals surface area contributed by atoms with Crippen LogP contribution in [0.15, 0.2) is 0 Å². The van der Waals surface area contributed by atoms with Crippen LogP contribution >= 0.6 is 11.3 Å². The van der Waals surface area contributed by atoms with E-state index in [-0.39, 0.29) is 12.0 Å². The van der Waals surface area contributed by atoms with Gasteiger partial charge in [0.1, 0.15) is 16.7 Å². The minimum atomic E-state index is -0.497. The fourth-order valence-corrected chi connectivity index (χ4v) is 5.54. The van der Waals surface area contributed by atoms with Gasteiger partial charge >= 0.3 is 6.09 Å². The number of nitriles is 1. The number of nitrogens with one attached hydrogen (secondary N) is 2. The van der Waals surface area contributed by atoms with Gasteiger partial charge in [0.25, 0.3) is 0 Å². The molecule has 1 unspecified atom stereocenters. The third-order valence-corrected chi connectivity index (χ3v) is 6.94. The molecular formula is C23H34N4O3S. The first-order valence-corrected chi connectivity index (χ1v) is 12.1. The Labute approximate surface area is 189 Å². The van der Waals surface area contributed by atoms with Crippen molar-refractivity contribution >= 4 is 28.3 Å². The van der Waals surface area contributed by atoms with Crippen LogP contribution in [0.5, 0.6) is 0 Å². The molecule has 0 radical (unpaired) electrons. The van der Waals surface area contributed by atoms with E-state index in [2.05, 4.69) is 21.6 Å². The number of nitrogens with zero attached hydrogens (tertiary/aromatic N) is 2. The van der Waals surface area contributed by atoms with E-state index in [4.69, 9.17) is 4.74 Å². The molecule has 2 heterocycles. The second-order valence-electron chi connectivity index (χ2n) is 9.52. The maximum atomic E-state index is 12.6. The van der Waals surface area contributed by atoms with E-state index in [0.717, 1.165) is 62.2 Å². The van der Waals surface area contributed by atoms with Crippen LogP contribution in [0.25, 0.3) is 0 Å². The normalized spacial score (nSPS) is 19.2. The van der Waals surface area contributed by atoms with E-state index in [9.17, 15) is 14.9 Å². The number of carbonyl (C=O) groups is 2. The summed E-state index contributed by atoms with van der Waals surface area (Å²) in [4.78, 5) is 28.0. The highest BCUT2D eigenvalue weighted by Gasteiger charge is 2.24. The standard InChI is InChI=1S/C23H34N4O3S/c1-23(2,3)30-22(29)25-14-16-7-6-11-27(15-16)12-10-20(28)26-21-18(13-24)17-8-4-5-9-19(17)31-21/h16H,4-12,14-15H2,1-3H3,(H,25,29)(H,26,28). The van der Waals surface area contributed by atoms with Crippen molar-refractivity contribution in [3.05, 3.63) is 16.0 Å². The molecule has 1 aromatic heterocycles. The molecular weight excluding hydrogens is 412 g/mol. The number of thiophene rings is 1. The molecule has 1 aliphatic carbocycles. The molecule has 1 saturated heterocycles. The van der Waals surface area contributed by atoms with E-state index in [1.807, 2.05) is 20.8 Å². The number of carbonyl (C=O) groups excluding carboxylic acids is 2. The van der Waals surface area contributed by atoms with Crippen LogP contribution in [0.1, 0.15) is 68.9 Å². The van der Waals surface area contributed by atoms with Crippen molar-refractivity contribution < 1.29 is 14.3 Å². The first-order chi connectivity index (χ1) is 14.7. The molecule has 0 aromatic carbocycles. The van der Waals surface area contributed by atoms with Crippen molar-refractivity contribution in [2.75, 3.05) is 31.5 Å². The van der Waals surface area contributed by atoms with Gasteiger partial charge in [0.15, 0.2) is 0 Å². The van der Waals surface area contributed by atoms with Crippen LogP contribution < -0.4 is 10.6 Å². The van der Waals surface area contributed by atoms with E-state index in [0.29, 0.717) is 31.0 Å². The van der Waals surface area contributed by atoms with Crippen LogP contribution in [0.4, 0.5) is 9.80 Å². The monoisotopic (exact) mass is 446 g/mol.